The molecular weight excluding hydrogens is 321 g/mol. The highest BCUT2D eigenvalue weighted by molar-refractivity contribution is 7.89. The van der Waals surface area contributed by atoms with Crippen molar-refractivity contribution in [1.29, 1.82) is 0 Å². The van der Waals surface area contributed by atoms with Gasteiger partial charge in [0.2, 0.25) is 10.0 Å². The van der Waals surface area contributed by atoms with E-state index in [1.54, 1.807) is 0 Å². The first-order valence-corrected chi connectivity index (χ1v) is 8.26. The number of sulfonamides is 1. The van der Waals surface area contributed by atoms with Crippen LogP contribution in [0.25, 0.3) is 0 Å². The van der Waals surface area contributed by atoms with Crippen molar-refractivity contribution in [2.24, 2.45) is 5.73 Å². The van der Waals surface area contributed by atoms with Gasteiger partial charge in [-0.05, 0) is 37.1 Å². The molecule has 5 nitrogen and oxygen atoms in total. The van der Waals surface area contributed by atoms with Crippen LogP contribution in [0.5, 0.6) is 5.75 Å². The summed E-state index contributed by atoms with van der Waals surface area (Å²) in [6.07, 6.45) is -2.47. The largest absolute Gasteiger partial charge is 0.573 e. The zero-order valence-corrected chi connectivity index (χ0v) is 12.5. The molecule has 1 atom stereocenters. The van der Waals surface area contributed by atoms with Crippen LogP contribution in [0.3, 0.4) is 0 Å². The Labute approximate surface area is 126 Å². The summed E-state index contributed by atoms with van der Waals surface area (Å²) in [7, 11) is -3.77. The van der Waals surface area contributed by atoms with Crippen molar-refractivity contribution in [2.75, 3.05) is 13.1 Å². The number of nitrogens with two attached hydrogens (primary N) is 1. The Balaban J connectivity index is 2.22. The van der Waals surface area contributed by atoms with Gasteiger partial charge < -0.3 is 10.5 Å². The van der Waals surface area contributed by atoms with Gasteiger partial charge in [0.15, 0.2) is 0 Å². The lowest BCUT2D eigenvalue weighted by Gasteiger charge is -2.33. The lowest BCUT2D eigenvalue weighted by atomic mass is 10.1. The standard InChI is InChI=1S/C13H17F3N2O3S/c14-13(15,16)21-11-4-6-12(7-5-11)22(19,20)18-8-2-1-3-10(18)9-17/h4-7,10H,1-3,8-9,17H2. The van der Waals surface area contributed by atoms with Gasteiger partial charge in [-0.2, -0.15) is 4.31 Å². The van der Waals surface area contributed by atoms with Crippen molar-refractivity contribution in [3.05, 3.63) is 24.3 Å². The van der Waals surface area contributed by atoms with Gasteiger partial charge in [0.05, 0.1) is 4.90 Å². The van der Waals surface area contributed by atoms with E-state index in [1.807, 2.05) is 0 Å². The van der Waals surface area contributed by atoms with Gasteiger partial charge in [0.25, 0.3) is 0 Å². The van der Waals surface area contributed by atoms with E-state index in [9.17, 15) is 21.6 Å². The second-order valence-electron chi connectivity index (χ2n) is 5.02. The third kappa shape index (κ3) is 3.90. The minimum Gasteiger partial charge on any atom is -0.406 e. The predicted octanol–water partition coefficient (Wildman–Crippen LogP) is 2.09. The first-order chi connectivity index (χ1) is 10.2. The van der Waals surface area contributed by atoms with Crippen LogP contribution in [0, 0.1) is 0 Å². The molecule has 124 valence electrons. The molecule has 1 aliphatic rings. The number of halogens is 3. The fraction of sp³-hybridized carbons (Fsp3) is 0.538. The van der Waals surface area contributed by atoms with Gasteiger partial charge in [-0.25, -0.2) is 8.42 Å². The van der Waals surface area contributed by atoms with Crippen molar-refractivity contribution in [3.8, 4) is 5.75 Å². The van der Waals surface area contributed by atoms with Crippen LogP contribution < -0.4 is 10.5 Å². The Morgan fingerprint density at radius 3 is 2.41 bits per heavy atom. The summed E-state index contributed by atoms with van der Waals surface area (Å²) in [5.74, 6) is -0.458. The van der Waals surface area contributed by atoms with Gasteiger partial charge in [-0.15, -0.1) is 13.2 Å². The van der Waals surface area contributed by atoms with Crippen molar-refractivity contribution in [1.82, 2.24) is 4.31 Å². The number of benzene rings is 1. The summed E-state index contributed by atoms with van der Waals surface area (Å²) in [5.41, 5.74) is 5.61. The van der Waals surface area contributed by atoms with Crippen molar-refractivity contribution in [2.45, 2.75) is 36.6 Å². The van der Waals surface area contributed by atoms with Crippen LogP contribution >= 0.6 is 0 Å². The molecule has 1 saturated heterocycles. The smallest absolute Gasteiger partial charge is 0.406 e. The molecule has 1 unspecified atom stereocenters. The van der Waals surface area contributed by atoms with Crippen LogP contribution in [-0.4, -0.2) is 38.2 Å². The summed E-state index contributed by atoms with van der Waals surface area (Å²) in [6.45, 7) is 0.583. The molecule has 9 heteroatoms. The van der Waals surface area contributed by atoms with E-state index in [-0.39, 0.29) is 17.5 Å². The minimum absolute atomic E-state index is 0.0672. The molecule has 1 aliphatic heterocycles. The molecule has 1 aromatic carbocycles. The molecule has 22 heavy (non-hydrogen) atoms. The molecule has 0 amide bonds. The molecule has 2 rings (SSSR count). The topological polar surface area (TPSA) is 72.6 Å². The van der Waals surface area contributed by atoms with Gasteiger partial charge in [-0.3, -0.25) is 0 Å². The first-order valence-electron chi connectivity index (χ1n) is 6.82. The number of ether oxygens (including phenoxy) is 1. The molecule has 0 saturated carbocycles. The summed E-state index contributed by atoms with van der Waals surface area (Å²) in [4.78, 5) is -0.0672. The lowest BCUT2D eigenvalue weighted by molar-refractivity contribution is -0.274. The first kappa shape index (κ1) is 17.0. The summed E-state index contributed by atoms with van der Waals surface area (Å²) < 4.78 is 66.5. The summed E-state index contributed by atoms with van der Waals surface area (Å²) in [5, 5.41) is 0. The van der Waals surface area contributed by atoms with E-state index in [0.717, 1.165) is 37.1 Å². The highest BCUT2D eigenvalue weighted by Gasteiger charge is 2.34. The molecule has 2 N–H and O–H groups in total. The van der Waals surface area contributed by atoms with E-state index in [4.69, 9.17) is 5.73 Å². The molecule has 1 aromatic rings. The zero-order valence-electron chi connectivity index (χ0n) is 11.7. The number of alkyl halides is 3. The molecule has 1 fully saturated rings. The van der Waals surface area contributed by atoms with Crippen molar-refractivity contribution < 1.29 is 26.3 Å². The zero-order chi connectivity index (χ0) is 16.4. The van der Waals surface area contributed by atoms with Gasteiger partial charge in [0.1, 0.15) is 5.75 Å². The second kappa shape index (κ2) is 6.43. The van der Waals surface area contributed by atoms with Crippen LogP contribution in [0.1, 0.15) is 19.3 Å². The quantitative estimate of drug-likeness (QED) is 0.912. The maximum absolute atomic E-state index is 12.6. The Morgan fingerprint density at radius 1 is 1.23 bits per heavy atom. The summed E-state index contributed by atoms with van der Waals surface area (Å²) >= 11 is 0. The Hall–Kier alpha value is -1.32. The molecular formula is C13H17F3N2O3S. The summed E-state index contributed by atoms with van der Waals surface area (Å²) in [6, 6.07) is 3.92. The molecule has 0 radical (unpaired) electrons. The number of piperidine rings is 1. The average Bonchev–Trinajstić information content (AvgIpc) is 2.46. The van der Waals surface area contributed by atoms with E-state index in [1.165, 1.54) is 4.31 Å². The van der Waals surface area contributed by atoms with Crippen LogP contribution in [0.2, 0.25) is 0 Å². The Morgan fingerprint density at radius 2 is 1.86 bits per heavy atom. The molecule has 0 spiro atoms. The van der Waals surface area contributed by atoms with Gasteiger partial charge in [-0.1, -0.05) is 6.42 Å². The van der Waals surface area contributed by atoms with Crippen molar-refractivity contribution in [3.63, 3.8) is 0 Å². The predicted molar refractivity (Wildman–Crippen MR) is 73.7 cm³/mol. The third-order valence-corrected chi connectivity index (χ3v) is 5.48. The molecule has 0 aromatic heterocycles. The SMILES string of the molecule is NCC1CCCCN1S(=O)(=O)c1ccc(OC(F)(F)F)cc1. The fourth-order valence-corrected chi connectivity index (χ4v) is 4.18. The van der Waals surface area contributed by atoms with Crippen molar-refractivity contribution >= 4 is 10.0 Å². The van der Waals surface area contributed by atoms with Crippen LogP contribution in [0.15, 0.2) is 29.2 Å². The van der Waals surface area contributed by atoms with E-state index >= 15 is 0 Å². The Kier molecular flexibility index (Phi) is 4.98. The maximum atomic E-state index is 12.6. The van der Waals surface area contributed by atoms with E-state index in [0.29, 0.717) is 13.0 Å². The monoisotopic (exact) mass is 338 g/mol. The Bertz CT molecular complexity index is 602. The van der Waals surface area contributed by atoms with E-state index in [2.05, 4.69) is 4.74 Å². The number of hydrogen-bond acceptors (Lipinski definition) is 4. The minimum atomic E-state index is -4.81. The third-order valence-electron chi connectivity index (χ3n) is 3.51. The van der Waals surface area contributed by atoms with Gasteiger partial charge >= 0.3 is 6.36 Å². The average molecular weight is 338 g/mol. The molecule has 0 bridgehead atoms. The lowest BCUT2D eigenvalue weighted by Crippen LogP contribution is -2.47. The number of rotatable bonds is 4. The van der Waals surface area contributed by atoms with Crippen LogP contribution in [-0.2, 0) is 10.0 Å². The van der Waals surface area contributed by atoms with Gasteiger partial charge in [0, 0.05) is 19.1 Å². The highest BCUT2D eigenvalue weighted by Crippen LogP contribution is 2.28. The fourth-order valence-electron chi connectivity index (χ4n) is 2.47. The number of hydrogen-bond donors (Lipinski definition) is 1. The normalized spacial score (nSPS) is 20.8. The second-order valence-corrected chi connectivity index (χ2v) is 6.91. The highest BCUT2D eigenvalue weighted by atomic mass is 32.2. The molecule has 0 aliphatic carbocycles. The molecule has 1 heterocycles. The maximum Gasteiger partial charge on any atom is 0.573 e. The van der Waals surface area contributed by atoms with E-state index < -0.39 is 22.1 Å². The van der Waals surface area contributed by atoms with Crippen LogP contribution in [0.4, 0.5) is 13.2 Å². The number of nitrogens with zero attached hydrogens (tertiary/aromatic N) is 1.